The number of benzene rings is 1. The van der Waals surface area contributed by atoms with Crippen LogP contribution in [0.15, 0.2) is 42.6 Å². The summed E-state index contributed by atoms with van der Waals surface area (Å²) in [4.78, 5) is 16.1. The molecule has 2 heterocycles. The average Bonchev–Trinajstić information content (AvgIpc) is 3.10. The number of halogens is 1. The zero-order valence-corrected chi connectivity index (χ0v) is 13.3. The Labute approximate surface area is 140 Å². The summed E-state index contributed by atoms with van der Waals surface area (Å²) < 4.78 is 18.4. The molecular weight excluding hydrogens is 309 g/mol. The van der Waals surface area contributed by atoms with Crippen LogP contribution in [0.25, 0.3) is 0 Å². The number of aromatic nitrogens is 1. The molecule has 1 unspecified atom stereocenters. The largest absolute Gasteiger partial charge is 0.456 e. The van der Waals surface area contributed by atoms with Gasteiger partial charge in [-0.2, -0.15) is 0 Å². The topological polar surface area (TPSA) is 63.2 Å². The summed E-state index contributed by atoms with van der Waals surface area (Å²) in [5.41, 5.74) is 0. The van der Waals surface area contributed by atoms with Crippen molar-refractivity contribution in [1.29, 1.82) is 0 Å². The lowest BCUT2D eigenvalue weighted by atomic mass is 10.0. The fourth-order valence-electron chi connectivity index (χ4n) is 2.65. The van der Waals surface area contributed by atoms with Crippen LogP contribution < -0.4 is 15.4 Å². The second kappa shape index (κ2) is 7.88. The number of hydrogen-bond donors (Lipinski definition) is 2. The van der Waals surface area contributed by atoms with Crippen LogP contribution in [0.1, 0.15) is 19.3 Å². The van der Waals surface area contributed by atoms with Crippen molar-refractivity contribution >= 4 is 11.7 Å². The molecule has 0 saturated carbocycles. The van der Waals surface area contributed by atoms with Crippen LogP contribution in [-0.2, 0) is 4.79 Å². The van der Waals surface area contributed by atoms with Crippen molar-refractivity contribution in [2.45, 2.75) is 19.3 Å². The fraction of sp³-hybridized carbons (Fsp3) is 0.333. The molecule has 1 aliphatic heterocycles. The number of rotatable bonds is 6. The normalized spacial score (nSPS) is 16.8. The summed E-state index contributed by atoms with van der Waals surface area (Å²) in [6.45, 7) is 2.05. The Kier molecular flexibility index (Phi) is 5.38. The molecule has 1 atom stereocenters. The summed E-state index contributed by atoms with van der Waals surface area (Å²) in [5.74, 6) is 1.80. The maximum absolute atomic E-state index is 12.8. The molecule has 1 saturated heterocycles. The van der Waals surface area contributed by atoms with E-state index in [1.807, 2.05) is 0 Å². The van der Waals surface area contributed by atoms with E-state index in [0.29, 0.717) is 29.7 Å². The third kappa shape index (κ3) is 4.76. The first-order valence-corrected chi connectivity index (χ1v) is 8.09. The van der Waals surface area contributed by atoms with Crippen molar-refractivity contribution < 1.29 is 13.9 Å². The zero-order chi connectivity index (χ0) is 16.8. The number of carbonyl (C=O) groups is 1. The van der Waals surface area contributed by atoms with Crippen molar-refractivity contribution in [3.05, 3.63) is 48.4 Å². The van der Waals surface area contributed by atoms with Crippen molar-refractivity contribution in [2.24, 2.45) is 5.92 Å². The first-order valence-electron chi connectivity index (χ1n) is 8.09. The molecule has 0 bridgehead atoms. The fourth-order valence-corrected chi connectivity index (χ4v) is 2.65. The number of pyridine rings is 1. The predicted molar refractivity (Wildman–Crippen MR) is 89.6 cm³/mol. The van der Waals surface area contributed by atoms with Crippen LogP contribution in [0.3, 0.4) is 0 Å². The van der Waals surface area contributed by atoms with Crippen molar-refractivity contribution in [1.82, 2.24) is 10.3 Å². The quantitative estimate of drug-likeness (QED) is 0.853. The Balaban J connectivity index is 1.48. The number of carbonyl (C=O) groups excluding carboxylic acids is 1. The number of nitrogens with one attached hydrogen (secondary N) is 2. The van der Waals surface area contributed by atoms with Gasteiger partial charge in [-0.05, 0) is 68.2 Å². The SMILES string of the molecule is O=C(CCC1CCNC1)Nc1ccc(Oc2ccc(F)cc2)cn1. The molecule has 3 rings (SSSR count). The molecule has 1 amide bonds. The van der Waals surface area contributed by atoms with E-state index in [0.717, 1.165) is 25.9 Å². The highest BCUT2D eigenvalue weighted by molar-refractivity contribution is 5.89. The number of nitrogens with zero attached hydrogens (tertiary/aromatic N) is 1. The van der Waals surface area contributed by atoms with Gasteiger partial charge >= 0.3 is 0 Å². The van der Waals surface area contributed by atoms with E-state index in [1.165, 1.54) is 18.3 Å². The number of hydrogen-bond acceptors (Lipinski definition) is 4. The molecule has 0 aliphatic carbocycles. The lowest BCUT2D eigenvalue weighted by Crippen LogP contribution is -2.15. The molecule has 6 heteroatoms. The van der Waals surface area contributed by atoms with Gasteiger partial charge < -0.3 is 15.4 Å². The maximum Gasteiger partial charge on any atom is 0.225 e. The minimum absolute atomic E-state index is 0.0263. The van der Waals surface area contributed by atoms with Crippen LogP contribution in [0.2, 0.25) is 0 Å². The Bertz CT molecular complexity index is 668. The van der Waals surface area contributed by atoms with Gasteiger partial charge in [0.1, 0.15) is 23.1 Å². The number of anilines is 1. The lowest BCUT2D eigenvalue weighted by molar-refractivity contribution is -0.116. The highest BCUT2D eigenvalue weighted by Gasteiger charge is 2.15. The molecule has 1 aliphatic rings. The van der Waals surface area contributed by atoms with Crippen LogP contribution >= 0.6 is 0 Å². The summed E-state index contributed by atoms with van der Waals surface area (Å²) in [7, 11) is 0. The Morgan fingerprint density at radius 2 is 2.04 bits per heavy atom. The van der Waals surface area contributed by atoms with Gasteiger partial charge in [0.15, 0.2) is 0 Å². The third-order valence-electron chi connectivity index (χ3n) is 4.00. The summed E-state index contributed by atoms with van der Waals surface area (Å²) in [6.07, 6.45) is 4.06. The molecule has 0 radical (unpaired) electrons. The van der Waals surface area contributed by atoms with Gasteiger partial charge in [0.2, 0.25) is 5.91 Å². The van der Waals surface area contributed by atoms with E-state index < -0.39 is 0 Å². The summed E-state index contributed by atoms with van der Waals surface area (Å²) in [5, 5.41) is 6.09. The standard InChI is InChI=1S/C18H20FN3O2/c19-14-2-4-15(5-3-14)24-16-6-7-17(21-12-16)22-18(23)8-1-13-9-10-20-11-13/h2-7,12-13,20H,1,8-11H2,(H,21,22,23). The van der Waals surface area contributed by atoms with Crippen LogP contribution in [-0.4, -0.2) is 24.0 Å². The van der Waals surface area contributed by atoms with Gasteiger partial charge in [0.05, 0.1) is 6.20 Å². The zero-order valence-electron chi connectivity index (χ0n) is 13.3. The third-order valence-corrected chi connectivity index (χ3v) is 4.00. The molecular formula is C18H20FN3O2. The van der Waals surface area contributed by atoms with Crippen LogP contribution in [0, 0.1) is 11.7 Å². The Hall–Kier alpha value is -2.47. The van der Waals surface area contributed by atoms with Crippen LogP contribution in [0.5, 0.6) is 11.5 Å². The molecule has 1 aromatic carbocycles. The van der Waals surface area contributed by atoms with E-state index in [4.69, 9.17) is 4.74 Å². The highest BCUT2D eigenvalue weighted by Crippen LogP contribution is 2.22. The summed E-state index contributed by atoms with van der Waals surface area (Å²) in [6, 6.07) is 9.15. The molecule has 5 nitrogen and oxygen atoms in total. The molecule has 1 aromatic heterocycles. The molecule has 1 fully saturated rings. The van der Waals surface area contributed by atoms with E-state index in [9.17, 15) is 9.18 Å². The molecule has 2 aromatic rings. The summed E-state index contributed by atoms with van der Waals surface area (Å²) >= 11 is 0. The average molecular weight is 329 g/mol. The molecule has 0 spiro atoms. The smallest absolute Gasteiger partial charge is 0.225 e. The maximum atomic E-state index is 12.8. The van der Waals surface area contributed by atoms with Gasteiger partial charge in [0.25, 0.3) is 0 Å². The Morgan fingerprint density at radius 1 is 1.25 bits per heavy atom. The van der Waals surface area contributed by atoms with E-state index in [1.54, 1.807) is 24.3 Å². The lowest BCUT2D eigenvalue weighted by Gasteiger charge is -2.09. The molecule has 2 N–H and O–H groups in total. The van der Waals surface area contributed by atoms with E-state index in [2.05, 4.69) is 15.6 Å². The van der Waals surface area contributed by atoms with Gasteiger partial charge in [-0.15, -0.1) is 0 Å². The molecule has 126 valence electrons. The van der Waals surface area contributed by atoms with Gasteiger partial charge in [-0.3, -0.25) is 4.79 Å². The first-order chi connectivity index (χ1) is 11.7. The Morgan fingerprint density at radius 3 is 2.71 bits per heavy atom. The predicted octanol–water partition coefficient (Wildman–Crippen LogP) is 3.34. The van der Waals surface area contributed by atoms with Gasteiger partial charge in [-0.1, -0.05) is 0 Å². The van der Waals surface area contributed by atoms with Gasteiger partial charge in [-0.25, -0.2) is 9.37 Å². The van der Waals surface area contributed by atoms with Crippen molar-refractivity contribution in [3.8, 4) is 11.5 Å². The van der Waals surface area contributed by atoms with Crippen molar-refractivity contribution in [2.75, 3.05) is 18.4 Å². The minimum Gasteiger partial charge on any atom is -0.456 e. The first kappa shape index (κ1) is 16.4. The monoisotopic (exact) mass is 329 g/mol. The van der Waals surface area contributed by atoms with E-state index in [-0.39, 0.29) is 11.7 Å². The molecule has 24 heavy (non-hydrogen) atoms. The number of ether oxygens (including phenoxy) is 1. The second-order valence-corrected chi connectivity index (χ2v) is 5.88. The van der Waals surface area contributed by atoms with Crippen molar-refractivity contribution in [3.63, 3.8) is 0 Å². The minimum atomic E-state index is -0.313. The van der Waals surface area contributed by atoms with E-state index >= 15 is 0 Å². The highest BCUT2D eigenvalue weighted by atomic mass is 19.1. The number of amides is 1. The van der Waals surface area contributed by atoms with Gasteiger partial charge in [0, 0.05) is 6.42 Å². The van der Waals surface area contributed by atoms with Crippen LogP contribution in [0.4, 0.5) is 10.2 Å². The second-order valence-electron chi connectivity index (χ2n) is 5.88.